The Balaban J connectivity index is 1.56. The number of hydrogen-bond acceptors (Lipinski definition) is 3. The molecule has 2 atom stereocenters. The van der Waals surface area contributed by atoms with Gasteiger partial charge in [0.25, 0.3) is 0 Å². The number of likely N-dealkylation sites (tertiary alicyclic amines) is 2. The maximum atomic E-state index is 10.7. The second kappa shape index (κ2) is 7.78. The van der Waals surface area contributed by atoms with E-state index >= 15 is 0 Å². The number of hydrogen-bond donors (Lipinski definition) is 1. The molecule has 1 N–H and O–H groups in total. The Morgan fingerprint density at radius 3 is 2.39 bits per heavy atom. The Morgan fingerprint density at radius 1 is 1.00 bits per heavy atom. The minimum absolute atomic E-state index is 0.201. The number of aliphatic hydroxyl groups excluding tert-OH is 1. The molecule has 0 amide bonds. The van der Waals surface area contributed by atoms with E-state index in [-0.39, 0.29) is 6.10 Å². The van der Waals surface area contributed by atoms with Crippen molar-refractivity contribution in [3.05, 3.63) is 34.9 Å². The van der Waals surface area contributed by atoms with E-state index in [0.29, 0.717) is 6.04 Å². The molecular formula is C20H32N2O. The highest BCUT2D eigenvalue weighted by atomic mass is 16.3. The molecule has 23 heavy (non-hydrogen) atoms. The monoisotopic (exact) mass is 316 g/mol. The topological polar surface area (TPSA) is 26.7 Å². The first-order chi connectivity index (χ1) is 11.1. The second-order valence-corrected chi connectivity index (χ2v) is 7.53. The van der Waals surface area contributed by atoms with Gasteiger partial charge in [0.2, 0.25) is 0 Å². The molecule has 1 aromatic rings. The molecule has 0 unspecified atom stereocenters. The molecule has 2 fully saturated rings. The number of benzene rings is 1. The van der Waals surface area contributed by atoms with Crippen LogP contribution in [-0.4, -0.2) is 53.2 Å². The van der Waals surface area contributed by atoms with Crippen molar-refractivity contribution in [3.8, 4) is 0 Å². The summed E-state index contributed by atoms with van der Waals surface area (Å²) < 4.78 is 0. The van der Waals surface area contributed by atoms with E-state index in [0.717, 1.165) is 26.1 Å². The van der Waals surface area contributed by atoms with Crippen LogP contribution in [-0.2, 0) is 6.54 Å². The first kappa shape index (κ1) is 16.9. The minimum Gasteiger partial charge on any atom is -0.390 e. The SMILES string of the molecule is Cc1ccc(CN2CC[C@@H](N3CCCCCC3)[C@H](O)C2)cc1C. The zero-order chi connectivity index (χ0) is 16.2. The number of β-amino-alcohol motifs (C(OH)–C–C–N with tert-alkyl or cyclic N) is 1. The Bertz CT molecular complexity index is 508. The van der Waals surface area contributed by atoms with E-state index in [4.69, 9.17) is 0 Å². The molecule has 0 spiro atoms. The predicted octanol–water partition coefficient (Wildman–Crippen LogP) is 3.11. The highest BCUT2D eigenvalue weighted by Gasteiger charge is 2.32. The molecule has 0 saturated carbocycles. The zero-order valence-corrected chi connectivity index (χ0v) is 14.8. The fourth-order valence-electron chi connectivity index (χ4n) is 4.14. The molecule has 0 bridgehead atoms. The highest BCUT2D eigenvalue weighted by Crippen LogP contribution is 2.22. The van der Waals surface area contributed by atoms with E-state index in [1.165, 1.54) is 55.5 Å². The lowest BCUT2D eigenvalue weighted by Crippen LogP contribution is -2.54. The van der Waals surface area contributed by atoms with Gasteiger partial charge in [0.05, 0.1) is 6.10 Å². The smallest absolute Gasteiger partial charge is 0.0822 e. The molecule has 3 nitrogen and oxygen atoms in total. The number of rotatable bonds is 3. The largest absolute Gasteiger partial charge is 0.390 e. The van der Waals surface area contributed by atoms with Crippen molar-refractivity contribution >= 4 is 0 Å². The first-order valence-corrected chi connectivity index (χ1v) is 9.34. The van der Waals surface area contributed by atoms with E-state index in [2.05, 4.69) is 41.8 Å². The lowest BCUT2D eigenvalue weighted by molar-refractivity contribution is -0.0144. The van der Waals surface area contributed by atoms with Gasteiger partial charge in [-0.15, -0.1) is 0 Å². The number of aliphatic hydroxyl groups is 1. The van der Waals surface area contributed by atoms with Gasteiger partial charge in [-0.2, -0.15) is 0 Å². The van der Waals surface area contributed by atoms with E-state index in [9.17, 15) is 5.11 Å². The van der Waals surface area contributed by atoms with Crippen molar-refractivity contribution in [2.75, 3.05) is 26.2 Å². The third-order valence-electron chi connectivity index (χ3n) is 5.72. The third-order valence-corrected chi connectivity index (χ3v) is 5.72. The number of aryl methyl sites for hydroxylation is 2. The van der Waals surface area contributed by atoms with Gasteiger partial charge in [-0.1, -0.05) is 31.0 Å². The molecular weight excluding hydrogens is 284 g/mol. The van der Waals surface area contributed by atoms with Crippen LogP contribution in [0.15, 0.2) is 18.2 Å². The van der Waals surface area contributed by atoms with Crippen molar-refractivity contribution in [1.29, 1.82) is 0 Å². The van der Waals surface area contributed by atoms with Gasteiger partial charge in [0.1, 0.15) is 0 Å². The third kappa shape index (κ3) is 4.34. The average Bonchev–Trinajstić information content (AvgIpc) is 2.80. The van der Waals surface area contributed by atoms with E-state index < -0.39 is 0 Å². The van der Waals surface area contributed by atoms with Gasteiger partial charge in [-0.25, -0.2) is 0 Å². The van der Waals surface area contributed by atoms with Crippen LogP contribution >= 0.6 is 0 Å². The lowest BCUT2D eigenvalue weighted by Gasteiger charge is -2.41. The molecule has 2 aliphatic heterocycles. The maximum Gasteiger partial charge on any atom is 0.0822 e. The van der Waals surface area contributed by atoms with Crippen molar-refractivity contribution in [2.24, 2.45) is 0 Å². The fraction of sp³-hybridized carbons (Fsp3) is 0.700. The van der Waals surface area contributed by atoms with Crippen LogP contribution in [0, 0.1) is 13.8 Å². The summed E-state index contributed by atoms with van der Waals surface area (Å²) in [5.74, 6) is 0. The summed E-state index contributed by atoms with van der Waals surface area (Å²) in [4.78, 5) is 4.98. The Hall–Kier alpha value is -0.900. The Morgan fingerprint density at radius 2 is 1.74 bits per heavy atom. The summed E-state index contributed by atoms with van der Waals surface area (Å²) in [5.41, 5.74) is 4.09. The summed E-state index contributed by atoms with van der Waals surface area (Å²) in [6, 6.07) is 7.12. The predicted molar refractivity (Wildman–Crippen MR) is 95.6 cm³/mol. The van der Waals surface area contributed by atoms with Crippen LogP contribution in [0.1, 0.15) is 48.8 Å². The summed E-state index contributed by atoms with van der Waals surface area (Å²) in [7, 11) is 0. The summed E-state index contributed by atoms with van der Waals surface area (Å²) in [6.07, 6.45) is 6.22. The number of piperidine rings is 1. The van der Waals surface area contributed by atoms with Crippen molar-refractivity contribution in [3.63, 3.8) is 0 Å². The van der Waals surface area contributed by atoms with Gasteiger partial charge >= 0.3 is 0 Å². The quantitative estimate of drug-likeness (QED) is 0.928. The van der Waals surface area contributed by atoms with Crippen LogP contribution in [0.2, 0.25) is 0 Å². The van der Waals surface area contributed by atoms with Crippen LogP contribution < -0.4 is 0 Å². The number of nitrogens with zero attached hydrogens (tertiary/aromatic N) is 2. The van der Waals surface area contributed by atoms with Crippen LogP contribution in [0.3, 0.4) is 0 Å². The molecule has 0 aliphatic carbocycles. The maximum absolute atomic E-state index is 10.7. The standard InChI is InChI=1S/C20H32N2O/c1-16-7-8-18(13-17(16)2)14-21-12-9-19(20(23)15-21)22-10-5-3-4-6-11-22/h7-8,13,19-20,23H,3-6,9-12,14-15H2,1-2H3/t19-,20-/m1/s1. The molecule has 2 saturated heterocycles. The van der Waals surface area contributed by atoms with E-state index in [1.54, 1.807) is 0 Å². The fourth-order valence-corrected chi connectivity index (χ4v) is 4.14. The van der Waals surface area contributed by atoms with Crippen molar-refractivity contribution < 1.29 is 5.11 Å². The first-order valence-electron chi connectivity index (χ1n) is 9.34. The minimum atomic E-state index is -0.201. The molecule has 2 heterocycles. The molecule has 0 radical (unpaired) electrons. The molecule has 3 rings (SSSR count). The van der Waals surface area contributed by atoms with Crippen LogP contribution in [0.5, 0.6) is 0 Å². The van der Waals surface area contributed by atoms with Gasteiger partial charge in [0, 0.05) is 25.7 Å². The Labute approximate surface area is 141 Å². The lowest BCUT2D eigenvalue weighted by atomic mass is 9.98. The highest BCUT2D eigenvalue weighted by molar-refractivity contribution is 5.29. The molecule has 2 aliphatic rings. The van der Waals surface area contributed by atoms with Gasteiger partial charge in [-0.3, -0.25) is 9.80 Å². The molecule has 128 valence electrons. The second-order valence-electron chi connectivity index (χ2n) is 7.53. The summed E-state index contributed by atoms with van der Waals surface area (Å²) in [6.45, 7) is 9.58. The normalized spacial score (nSPS) is 27.8. The van der Waals surface area contributed by atoms with Crippen molar-refractivity contribution in [2.45, 2.75) is 64.6 Å². The van der Waals surface area contributed by atoms with Crippen molar-refractivity contribution in [1.82, 2.24) is 9.80 Å². The average molecular weight is 316 g/mol. The summed E-state index contributed by atoms with van der Waals surface area (Å²) >= 11 is 0. The summed E-state index contributed by atoms with van der Waals surface area (Å²) in [5, 5.41) is 10.7. The molecule has 1 aromatic carbocycles. The zero-order valence-electron chi connectivity index (χ0n) is 14.8. The Kier molecular flexibility index (Phi) is 5.73. The van der Waals surface area contributed by atoms with Crippen LogP contribution in [0.4, 0.5) is 0 Å². The van der Waals surface area contributed by atoms with Gasteiger partial charge in [0.15, 0.2) is 0 Å². The van der Waals surface area contributed by atoms with E-state index in [1.807, 2.05) is 0 Å². The van der Waals surface area contributed by atoms with Gasteiger partial charge in [-0.05, 0) is 62.9 Å². The van der Waals surface area contributed by atoms with Crippen LogP contribution in [0.25, 0.3) is 0 Å². The van der Waals surface area contributed by atoms with Gasteiger partial charge < -0.3 is 5.11 Å². The molecule has 0 aromatic heterocycles. The molecule has 3 heteroatoms.